The Hall–Kier alpha value is -1.06. The van der Waals surface area contributed by atoms with Crippen molar-refractivity contribution < 1.29 is 4.74 Å². The maximum absolute atomic E-state index is 5.71. The van der Waals surface area contributed by atoms with Crippen LogP contribution in [0.5, 0.6) is 5.75 Å². The van der Waals surface area contributed by atoms with Gasteiger partial charge in [0.15, 0.2) is 0 Å². The third-order valence-corrected chi connectivity index (χ3v) is 4.05. The van der Waals surface area contributed by atoms with Gasteiger partial charge >= 0.3 is 0 Å². The van der Waals surface area contributed by atoms with Gasteiger partial charge in [0.2, 0.25) is 0 Å². The van der Waals surface area contributed by atoms with Crippen LogP contribution < -0.4 is 10.5 Å². The molecular weight excluding hydrogens is 236 g/mol. The Morgan fingerprint density at radius 1 is 1.47 bits per heavy atom. The lowest BCUT2D eigenvalue weighted by molar-refractivity contribution is 0.303. The van der Waals surface area contributed by atoms with Gasteiger partial charge in [0.05, 0.1) is 7.11 Å². The summed E-state index contributed by atoms with van der Waals surface area (Å²) in [5.41, 5.74) is 7.05. The van der Waals surface area contributed by atoms with E-state index in [4.69, 9.17) is 10.5 Å². The molecule has 1 aromatic rings. The number of rotatable bonds is 6. The second kappa shape index (κ2) is 6.92. The minimum Gasteiger partial charge on any atom is -0.497 e. The predicted molar refractivity (Wildman–Crippen MR) is 79.2 cm³/mol. The highest BCUT2D eigenvalue weighted by atomic mass is 16.5. The zero-order valence-corrected chi connectivity index (χ0v) is 12.1. The molecule has 0 aromatic heterocycles. The zero-order valence-electron chi connectivity index (χ0n) is 12.1. The van der Waals surface area contributed by atoms with Crippen LogP contribution in [-0.2, 0) is 6.54 Å². The summed E-state index contributed by atoms with van der Waals surface area (Å²) in [5, 5.41) is 0. The number of hydrogen-bond acceptors (Lipinski definition) is 3. The smallest absolute Gasteiger partial charge is 0.119 e. The average molecular weight is 262 g/mol. The molecule has 0 saturated carbocycles. The Labute approximate surface area is 116 Å². The highest BCUT2D eigenvalue weighted by molar-refractivity contribution is 5.28. The van der Waals surface area contributed by atoms with E-state index in [-0.39, 0.29) is 0 Å². The molecule has 0 radical (unpaired) electrons. The van der Waals surface area contributed by atoms with Crippen molar-refractivity contribution in [2.24, 2.45) is 17.6 Å². The average Bonchev–Trinajstić information content (AvgIpc) is 2.86. The number of nitrogens with zero attached hydrogens (tertiary/aromatic N) is 1. The van der Waals surface area contributed by atoms with Crippen LogP contribution in [0, 0.1) is 11.8 Å². The van der Waals surface area contributed by atoms with Gasteiger partial charge in [0, 0.05) is 13.1 Å². The Balaban J connectivity index is 1.84. The van der Waals surface area contributed by atoms with Gasteiger partial charge in [-0.2, -0.15) is 0 Å². The second-order valence-electron chi connectivity index (χ2n) is 5.82. The number of methoxy groups -OCH3 is 1. The molecular formula is C16H26N2O. The predicted octanol–water partition coefficient (Wildman–Crippen LogP) is 2.50. The first-order valence-electron chi connectivity index (χ1n) is 7.26. The van der Waals surface area contributed by atoms with Crippen molar-refractivity contribution in [3.8, 4) is 5.75 Å². The van der Waals surface area contributed by atoms with Crippen molar-refractivity contribution in [3.63, 3.8) is 0 Å². The molecule has 1 heterocycles. The standard InChI is InChI=1S/C16H26N2O/c1-13(10-17)8-15-6-7-18(12-15)11-14-4-3-5-16(9-14)19-2/h3-5,9,13,15H,6-8,10-12,17H2,1-2H3. The van der Waals surface area contributed by atoms with Crippen molar-refractivity contribution in [1.82, 2.24) is 4.90 Å². The van der Waals surface area contributed by atoms with Gasteiger partial charge in [-0.15, -0.1) is 0 Å². The molecule has 3 nitrogen and oxygen atoms in total. The quantitative estimate of drug-likeness (QED) is 0.856. The van der Waals surface area contributed by atoms with Crippen LogP contribution in [0.2, 0.25) is 0 Å². The van der Waals surface area contributed by atoms with Crippen LogP contribution in [0.3, 0.4) is 0 Å². The lowest BCUT2D eigenvalue weighted by Crippen LogP contribution is -2.21. The molecule has 1 fully saturated rings. The second-order valence-corrected chi connectivity index (χ2v) is 5.82. The third kappa shape index (κ3) is 4.22. The van der Waals surface area contributed by atoms with Gasteiger partial charge in [0.1, 0.15) is 5.75 Å². The van der Waals surface area contributed by atoms with Crippen LogP contribution in [-0.4, -0.2) is 31.6 Å². The Morgan fingerprint density at radius 3 is 3.05 bits per heavy atom. The third-order valence-electron chi connectivity index (χ3n) is 4.05. The number of likely N-dealkylation sites (tertiary alicyclic amines) is 1. The zero-order chi connectivity index (χ0) is 13.7. The van der Waals surface area contributed by atoms with E-state index < -0.39 is 0 Å². The summed E-state index contributed by atoms with van der Waals surface area (Å²) in [5.74, 6) is 2.43. The Kier molecular flexibility index (Phi) is 5.23. The van der Waals surface area contributed by atoms with Gasteiger partial charge < -0.3 is 10.5 Å². The van der Waals surface area contributed by atoms with E-state index >= 15 is 0 Å². The normalized spacial score (nSPS) is 21.5. The molecule has 2 rings (SSSR count). The van der Waals surface area contributed by atoms with Crippen LogP contribution in [0.25, 0.3) is 0 Å². The first kappa shape index (κ1) is 14.4. The molecule has 0 amide bonds. The van der Waals surface area contributed by atoms with Crippen LogP contribution >= 0.6 is 0 Å². The number of nitrogens with two attached hydrogens (primary N) is 1. The monoisotopic (exact) mass is 262 g/mol. The SMILES string of the molecule is COc1cccc(CN2CCC(CC(C)CN)C2)c1. The molecule has 0 spiro atoms. The Morgan fingerprint density at radius 2 is 2.32 bits per heavy atom. The van der Waals surface area contributed by atoms with Crippen LogP contribution in [0.15, 0.2) is 24.3 Å². The van der Waals surface area contributed by atoms with Gasteiger partial charge in [-0.25, -0.2) is 0 Å². The van der Waals surface area contributed by atoms with E-state index in [0.717, 1.165) is 24.8 Å². The van der Waals surface area contributed by atoms with E-state index in [2.05, 4.69) is 30.0 Å². The molecule has 3 heteroatoms. The minimum atomic E-state index is 0.654. The fourth-order valence-electron chi connectivity index (χ4n) is 2.94. The number of ether oxygens (including phenoxy) is 1. The summed E-state index contributed by atoms with van der Waals surface area (Å²) < 4.78 is 5.28. The lowest BCUT2D eigenvalue weighted by atomic mass is 9.95. The molecule has 0 aliphatic carbocycles. The molecule has 1 aromatic carbocycles. The summed E-state index contributed by atoms with van der Waals surface area (Å²) in [7, 11) is 1.72. The summed E-state index contributed by atoms with van der Waals surface area (Å²) in [4.78, 5) is 2.54. The fourth-order valence-corrected chi connectivity index (χ4v) is 2.94. The number of benzene rings is 1. The van der Waals surface area contributed by atoms with Crippen molar-refractivity contribution in [3.05, 3.63) is 29.8 Å². The summed E-state index contributed by atoms with van der Waals surface area (Å²) in [6.45, 7) is 6.52. The maximum atomic E-state index is 5.71. The summed E-state index contributed by atoms with van der Waals surface area (Å²) in [6, 6.07) is 8.38. The topological polar surface area (TPSA) is 38.5 Å². The molecule has 2 atom stereocenters. The number of hydrogen-bond donors (Lipinski definition) is 1. The molecule has 2 unspecified atom stereocenters. The van der Waals surface area contributed by atoms with Gasteiger partial charge in [-0.1, -0.05) is 19.1 Å². The highest BCUT2D eigenvalue weighted by Crippen LogP contribution is 2.25. The summed E-state index contributed by atoms with van der Waals surface area (Å²) >= 11 is 0. The van der Waals surface area contributed by atoms with Crippen LogP contribution in [0.4, 0.5) is 0 Å². The van der Waals surface area contributed by atoms with E-state index in [1.54, 1.807) is 7.11 Å². The molecule has 1 aliphatic rings. The molecule has 1 aliphatic heterocycles. The van der Waals surface area contributed by atoms with Crippen molar-refractivity contribution in [2.45, 2.75) is 26.3 Å². The van der Waals surface area contributed by atoms with Gasteiger partial charge in [-0.3, -0.25) is 4.90 Å². The molecule has 0 bridgehead atoms. The molecule has 2 N–H and O–H groups in total. The minimum absolute atomic E-state index is 0.654. The van der Waals surface area contributed by atoms with E-state index in [1.165, 1.54) is 31.5 Å². The fraction of sp³-hybridized carbons (Fsp3) is 0.625. The molecule has 1 saturated heterocycles. The highest BCUT2D eigenvalue weighted by Gasteiger charge is 2.23. The van der Waals surface area contributed by atoms with Crippen LogP contribution in [0.1, 0.15) is 25.3 Å². The molecule has 106 valence electrons. The Bertz CT molecular complexity index is 394. The van der Waals surface area contributed by atoms with E-state index in [0.29, 0.717) is 5.92 Å². The summed E-state index contributed by atoms with van der Waals surface area (Å²) in [6.07, 6.45) is 2.58. The van der Waals surface area contributed by atoms with Crippen molar-refractivity contribution in [1.29, 1.82) is 0 Å². The first-order chi connectivity index (χ1) is 9.21. The first-order valence-corrected chi connectivity index (χ1v) is 7.26. The van der Waals surface area contributed by atoms with Gasteiger partial charge in [0.25, 0.3) is 0 Å². The van der Waals surface area contributed by atoms with E-state index in [9.17, 15) is 0 Å². The largest absolute Gasteiger partial charge is 0.497 e. The van der Waals surface area contributed by atoms with Gasteiger partial charge in [-0.05, 0) is 55.5 Å². The van der Waals surface area contributed by atoms with E-state index in [1.807, 2.05) is 6.07 Å². The lowest BCUT2D eigenvalue weighted by Gasteiger charge is -2.18. The van der Waals surface area contributed by atoms with Crippen molar-refractivity contribution in [2.75, 3.05) is 26.7 Å². The molecule has 19 heavy (non-hydrogen) atoms. The maximum Gasteiger partial charge on any atom is 0.119 e. The van der Waals surface area contributed by atoms with Crippen molar-refractivity contribution >= 4 is 0 Å².